The Morgan fingerprint density at radius 3 is 2.92 bits per heavy atom. The van der Waals surface area contributed by atoms with Gasteiger partial charge in [0, 0.05) is 5.75 Å². The van der Waals surface area contributed by atoms with Gasteiger partial charge >= 0.3 is 0 Å². The van der Waals surface area contributed by atoms with Gasteiger partial charge in [0.2, 0.25) is 10.0 Å². The summed E-state index contributed by atoms with van der Waals surface area (Å²) in [6.07, 6.45) is 1.59. The van der Waals surface area contributed by atoms with E-state index in [0.717, 1.165) is 18.7 Å². The highest BCUT2D eigenvalue weighted by atomic mass is 32.2. The highest BCUT2D eigenvalue weighted by molar-refractivity contribution is 8.15. The van der Waals surface area contributed by atoms with Crippen LogP contribution in [0.5, 0.6) is 0 Å². The lowest BCUT2D eigenvalue weighted by molar-refractivity contribution is 0.589. The number of sulfonamides is 1. The molecule has 0 saturated heterocycles. The zero-order valence-electron chi connectivity index (χ0n) is 7.62. The van der Waals surface area contributed by atoms with E-state index in [2.05, 4.69) is 9.71 Å². The molecule has 0 aliphatic carbocycles. The highest BCUT2D eigenvalue weighted by Crippen LogP contribution is 2.10. The molecule has 1 heterocycles. The van der Waals surface area contributed by atoms with E-state index < -0.39 is 10.0 Å². The van der Waals surface area contributed by atoms with Crippen LogP contribution in [0.25, 0.3) is 0 Å². The van der Waals surface area contributed by atoms with Gasteiger partial charge in [-0.2, -0.15) is 0 Å². The van der Waals surface area contributed by atoms with E-state index in [1.54, 1.807) is 0 Å². The van der Waals surface area contributed by atoms with Gasteiger partial charge in [0.25, 0.3) is 0 Å². The van der Waals surface area contributed by atoms with Crippen molar-refractivity contribution in [1.82, 2.24) is 4.72 Å². The van der Waals surface area contributed by atoms with E-state index in [-0.39, 0.29) is 5.75 Å². The molecule has 1 N–H and O–H groups in total. The van der Waals surface area contributed by atoms with Crippen molar-refractivity contribution in [1.29, 1.82) is 0 Å². The average molecular weight is 222 g/mol. The molecule has 0 saturated carbocycles. The van der Waals surface area contributed by atoms with Crippen LogP contribution in [-0.4, -0.2) is 31.6 Å². The van der Waals surface area contributed by atoms with Gasteiger partial charge in [-0.3, -0.25) is 9.71 Å². The van der Waals surface area contributed by atoms with E-state index in [1.165, 1.54) is 11.8 Å². The first-order valence-electron chi connectivity index (χ1n) is 4.32. The highest BCUT2D eigenvalue weighted by Gasteiger charge is 2.14. The third-order valence-electron chi connectivity index (χ3n) is 1.59. The Kier molecular flexibility index (Phi) is 4.05. The standard InChI is InChI=1S/C7H14N2O2S2/c1-2-3-6-13(10,11)9-7-8-4-5-12-7/h2-6H2,1H3,(H,8,9). The Morgan fingerprint density at radius 1 is 1.62 bits per heavy atom. The number of thioether (sulfide) groups is 1. The van der Waals surface area contributed by atoms with E-state index in [9.17, 15) is 8.42 Å². The first kappa shape index (κ1) is 10.8. The summed E-state index contributed by atoms with van der Waals surface area (Å²) in [4.78, 5) is 4.02. The molecule has 0 aromatic rings. The molecule has 1 aliphatic heterocycles. The van der Waals surface area contributed by atoms with Crippen molar-refractivity contribution < 1.29 is 8.42 Å². The molecule has 0 radical (unpaired) electrons. The fourth-order valence-electron chi connectivity index (χ4n) is 0.915. The number of rotatable bonds is 4. The smallest absolute Gasteiger partial charge is 0.234 e. The molecule has 0 amide bonds. The van der Waals surface area contributed by atoms with Crippen molar-refractivity contribution in [3.8, 4) is 0 Å². The number of amidine groups is 1. The van der Waals surface area contributed by atoms with Crippen LogP contribution >= 0.6 is 11.8 Å². The molecule has 0 atom stereocenters. The van der Waals surface area contributed by atoms with Crippen molar-refractivity contribution in [3.05, 3.63) is 0 Å². The fourth-order valence-corrected chi connectivity index (χ4v) is 3.19. The quantitative estimate of drug-likeness (QED) is 0.765. The van der Waals surface area contributed by atoms with Crippen molar-refractivity contribution in [2.75, 3.05) is 18.1 Å². The number of nitrogens with one attached hydrogen (secondary N) is 1. The second-order valence-electron chi connectivity index (χ2n) is 2.81. The van der Waals surface area contributed by atoms with Crippen LogP contribution in [0, 0.1) is 0 Å². The Hall–Kier alpha value is -0.230. The Balaban J connectivity index is 2.41. The summed E-state index contributed by atoms with van der Waals surface area (Å²) in [5.74, 6) is 1.08. The zero-order valence-corrected chi connectivity index (χ0v) is 9.25. The lowest BCUT2D eigenvalue weighted by atomic mass is 10.4. The van der Waals surface area contributed by atoms with Gasteiger partial charge in [-0.05, 0) is 6.42 Å². The maximum absolute atomic E-state index is 11.3. The van der Waals surface area contributed by atoms with Gasteiger partial charge in [0.05, 0.1) is 12.3 Å². The van der Waals surface area contributed by atoms with Crippen LogP contribution in [0.15, 0.2) is 4.99 Å². The van der Waals surface area contributed by atoms with E-state index in [0.29, 0.717) is 11.6 Å². The molecule has 13 heavy (non-hydrogen) atoms. The molecular weight excluding hydrogens is 208 g/mol. The third-order valence-corrected chi connectivity index (χ3v) is 3.95. The summed E-state index contributed by atoms with van der Waals surface area (Å²) in [6.45, 7) is 2.69. The van der Waals surface area contributed by atoms with Gasteiger partial charge in [-0.25, -0.2) is 8.42 Å². The second-order valence-corrected chi connectivity index (χ2v) is 5.74. The number of hydrogen-bond donors (Lipinski definition) is 1. The van der Waals surface area contributed by atoms with Crippen molar-refractivity contribution in [3.63, 3.8) is 0 Å². The number of unbranched alkanes of at least 4 members (excludes halogenated alkanes) is 1. The molecule has 6 heteroatoms. The van der Waals surface area contributed by atoms with Crippen molar-refractivity contribution in [2.45, 2.75) is 19.8 Å². The minimum absolute atomic E-state index is 0.197. The van der Waals surface area contributed by atoms with Gasteiger partial charge in [-0.1, -0.05) is 25.1 Å². The average Bonchev–Trinajstić information content (AvgIpc) is 2.52. The number of nitrogens with zero attached hydrogens (tertiary/aromatic N) is 1. The molecule has 0 aromatic carbocycles. The predicted molar refractivity (Wildman–Crippen MR) is 56.6 cm³/mol. The normalized spacial score (nSPS) is 17.2. The van der Waals surface area contributed by atoms with Gasteiger partial charge in [0.15, 0.2) is 5.17 Å². The molecule has 0 bridgehead atoms. The van der Waals surface area contributed by atoms with Crippen LogP contribution < -0.4 is 4.72 Å². The van der Waals surface area contributed by atoms with E-state index in [4.69, 9.17) is 0 Å². The topological polar surface area (TPSA) is 58.5 Å². The summed E-state index contributed by atoms with van der Waals surface area (Å²) in [5, 5.41) is 0.552. The predicted octanol–water partition coefficient (Wildman–Crippen LogP) is 0.809. The molecular formula is C7H14N2O2S2. The van der Waals surface area contributed by atoms with Gasteiger partial charge < -0.3 is 0 Å². The van der Waals surface area contributed by atoms with Gasteiger partial charge in [0.1, 0.15) is 0 Å². The first-order chi connectivity index (χ1) is 6.14. The zero-order chi connectivity index (χ0) is 9.73. The monoisotopic (exact) mass is 222 g/mol. The summed E-state index contributed by atoms with van der Waals surface area (Å²) < 4.78 is 25.2. The molecule has 0 fully saturated rings. The maximum Gasteiger partial charge on any atom is 0.234 e. The van der Waals surface area contributed by atoms with Gasteiger partial charge in [-0.15, -0.1) is 0 Å². The summed E-state index contributed by atoms with van der Waals surface area (Å²) >= 11 is 1.46. The summed E-state index contributed by atoms with van der Waals surface area (Å²) in [6, 6.07) is 0. The summed E-state index contributed by atoms with van der Waals surface area (Å²) in [7, 11) is -3.13. The Morgan fingerprint density at radius 2 is 2.38 bits per heavy atom. The SMILES string of the molecule is CCCCS(=O)(=O)NC1=NCCS1. The molecule has 0 spiro atoms. The molecule has 4 nitrogen and oxygen atoms in total. The maximum atomic E-state index is 11.3. The van der Waals surface area contributed by atoms with Crippen molar-refractivity contribution >= 4 is 27.0 Å². The lowest BCUT2D eigenvalue weighted by Crippen LogP contribution is -2.29. The molecule has 0 unspecified atom stereocenters. The second kappa shape index (κ2) is 4.85. The van der Waals surface area contributed by atoms with Crippen LogP contribution in [0.2, 0.25) is 0 Å². The molecule has 0 aromatic heterocycles. The van der Waals surface area contributed by atoms with E-state index >= 15 is 0 Å². The Labute approximate surface area is 83.3 Å². The molecule has 1 aliphatic rings. The summed E-state index contributed by atoms with van der Waals surface area (Å²) in [5.41, 5.74) is 0. The molecule has 76 valence electrons. The largest absolute Gasteiger partial charge is 0.262 e. The minimum Gasteiger partial charge on any atom is -0.262 e. The van der Waals surface area contributed by atoms with Crippen LogP contribution in [0.3, 0.4) is 0 Å². The minimum atomic E-state index is -3.13. The lowest BCUT2D eigenvalue weighted by Gasteiger charge is -2.05. The Bertz CT molecular complexity index is 285. The molecule has 1 rings (SSSR count). The van der Waals surface area contributed by atoms with Crippen LogP contribution in [0.4, 0.5) is 0 Å². The third kappa shape index (κ3) is 3.99. The number of hydrogen-bond acceptors (Lipinski definition) is 4. The van der Waals surface area contributed by atoms with Crippen LogP contribution in [0.1, 0.15) is 19.8 Å². The fraction of sp³-hybridized carbons (Fsp3) is 0.857. The van der Waals surface area contributed by atoms with E-state index in [1.807, 2.05) is 6.92 Å². The number of aliphatic imine (C=N–C) groups is 1. The first-order valence-corrected chi connectivity index (χ1v) is 6.95. The van der Waals surface area contributed by atoms with Crippen molar-refractivity contribution in [2.24, 2.45) is 4.99 Å². The van der Waals surface area contributed by atoms with Crippen LogP contribution in [-0.2, 0) is 10.0 Å².